The van der Waals surface area contributed by atoms with Crippen LogP contribution in [0.25, 0.3) is 0 Å². The Morgan fingerprint density at radius 1 is 1.14 bits per heavy atom. The van der Waals surface area contributed by atoms with E-state index >= 15 is 0 Å². The number of hydrogen-bond donors (Lipinski definition) is 3. The van der Waals surface area contributed by atoms with Gasteiger partial charge in [0.2, 0.25) is 10.0 Å². The predicted octanol–water partition coefficient (Wildman–Crippen LogP) is 1.95. The zero-order chi connectivity index (χ0) is 16.6. The minimum Gasteiger partial charge on any atom is -0.338 e. The first-order chi connectivity index (χ1) is 10.3. The minimum atomic E-state index is -3.24. The van der Waals surface area contributed by atoms with Crippen molar-refractivity contribution in [1.29, 1.82) is 0 Å². The van der Waals surface area contributed by atoms with E-state index in [0.717, 1.165) is 24.7 Å². The molecule has 124 valence electrons. The van der Waals surface area contributed by atoms with Gasteiger partial charge in [-0.2, -0.15) is 0 Å². The highest BCUT2D eigenvalue weighted by Crippen LogP contribution is 2.11. The van der Waals surface area contributed by atoms with Crippen LogP contribution >= 0.6 is 0 Å². The Morgan fingerprint density at radius 2 is 1.77 bits per heavy atom. The molecule has 0 aliphatic carbocycles. The number of carbonyl (C=O) groups is 1. The van der Waals surface area contributed by atoms with Crippen LogP contribution in [0.1, 0.15) is 25.8 Å². The van der Waals surface area contributed by atoms with E-state index in [9.17, 15) is 13.2 Å². The Kier molecular flexibility index (Phi) is 7.17. The first-order valence-electron chi connectivity index (χ1n) is 7.34. The maximum Gasteiger partial charge on any atom is 0.314 e. The molecule has 0 spiro atoms. The first-order valence-corrected chi connectivity index (χ1v) is 9.24. The lowest BCUT2D eigenvalue weighted by atomic mass is 10.1. The van der Waals surface area contributed by atoms with Gasteiger partial charge in [-0.1, -0.05) is 26.0 Å². The molecule has 22 heavy (non-hydrogen) atoms. The second-order valence-corrected chi connectivity index (χ2v) is 7.45. The number of aryl methyl sites for hydroxylation is 1. The number of sulfonamides is 1. The lowest BCUT2D eigenvalue weighted by Gasteiger charge is -2.09. The molecule has 3 N–H and O–H groups in total. The molecule has 7 heteroatoms. The van der Waals surface area contributed by atoms with Crippen LogP contribution in [0.4, 0.5) is 10.5 Å². The van der Waals surface area contributed by atoms with E-state index in [-0.39, 0.29) is 6.03 Å². The third kappa shape index (κ3) is 8.51. The highest BCUT2D eigenvalue weighted by molar-refractivity contribution is 7.92. The van der Waals surface area contributed by atoms with Crippen molar-refractivity contribution in [2.75, 3.05) is 24.1 Å². The SMILES string of the molecule is CC(C)CNC(=O)NCCCc1ccc(NS(C)(=O)=O)cc1. The van der Waals surface area contributed by atoms with Gasteiger partial charge in [0.15, 0.2) is 0 Å². The largest absolute Gasteiger partial charge is 0.338 e. The molecule has 0 unspecified atom stereocenters. The summed E-state index contributed by atoms with van der Waals surface area (Å²) < 4.78 is 24.6. The molecule has 1 rings (SSSR count). The van der Waals surface area contributed by atoms with Crippen LogP contribution in [0.15, 0.2) is 24.3 Å². The molecule has 1 aromatic rings. The third-order valence-electron chi connectivity index (χ3n) is 2.86. The molecule has 0 heterocycles. The fourth-order valence-electron chi connectivity index (χ4n) is 1.81. The average Bonchev–Trinajstić information content (AvgIpc) is 2.41. The molecule has 0 atom stereocenters. The topological polar surface area (TPSA) is 87.3 Å². The fraction of sp³-hybridized carbons (Fsp3) is 0.533. The number of carbonyl (C=O) groups excluding carboxylic acids is 1. The zero-order valence-electron chi connectivity index (χ0n) is 13.3. The van der Waals surface area contributed by atoms with Crippen molar-refractivity contribution < 1.29 is 13.2 Å². The van der Waals surface area contributed by atoms with Crippen LogP contribution in [-0.4, -0.2) is 33.8 Å². The summed E-state index contributed by atoms with van der Waals surface area (Å²) in [6, 6.07) is 7.10. The number of rotatable bonds is 8. The minimum absolute atomic E-state index is 0.138. The van der Waals surface area contributed by atoms with Gasteiger partial charge in [0.1, 0.15) is 0 Å². The number of benzene rings is 1. The standard InChI is InChI=1S/C15H25N3O3S/c1-12(2)11-17-15(19)16-10-4-5-13-6-8-14(9-7-13)18-22(3,20)21/h6-9,12,18H,4-5,10-11H2,1-3H3,(H2,16,17,19). The molecule has 0 aromatic heterocycles. The first kappa shape index (κ1) is 18.3. The summed E-state index contributed by atoms with van der Waals surface area (Å²) in [5.41, 5.74) is 1.65. The van der Waals surface area contributed by atoms with Gasteiger partial charge in [0.25, 0.3) is 0 Å². The van der Waals surface area contributed by atoms with Gasteiger partial charge in [0, 0.05) is 18.8 Å². The van der Waals surface area contributed by atoms with Crippen LogP contribution in [0.5, 0.6) is 0 Å². The summed E-state index contributed by atoms with van der Waals surface area (Å²) in [6.45, 7) is 5.36. The highest BCUT2D eigenvalue weighted by atomic mass is 32.2. The molecule has 2 amide bonds. The monoisotopic (exact) mass is 327 g/mol. The molecule has 0 aliphatic rings. The summed E-state index contributed by atoms with van der Waals surface area (Å²) >= 11 is 0. The number of hydrogen-bond acceptors (Lipinski definition) is 3. The van der Waals surface area contributed by atoms with E-state index in [0.29, 0.717) is 24.7 Å². The smallest absolute Gasteiger partial charge is 0.314 e. The molecule has 0 aliphatic heterocycles. The van der Waals surface area contributed by atoms with Gasteiger partial charge in [-0.15, -0.1) is 0 Å². The Labute approximate surface area is 132 Å². The van der Waals surface area contributed by atoms with Crippen molar-refractivity contribution in [2.45, 2.75) is 26.7 Å². The molecule has 0 fully saturated rings. The Bertz CT molecular complexity index is 568. The lowest BCUT2D eigenvalue weighted by molar-refractivity contribution is 0.239. The van der Waals surface area contributed by atoms with E-state index in [2.05, 4.69) is 15.4 Å². The normalized spacial score (nSPS) is 11.3. The second-order valence-electron chi connectivity index (χ2n) is 5.71. The van der Waals surface area contributed by atoms with Crippen molar-refractivity contribution in [3.8, 4) is 0 Å². The van der Waals surface area contributed by atoms with Gasteiger partial charge < -0.3 is 10.6 Å². The van der Waals surface area contributed by atoms with Crippen LogP contribution in [-0.2, 0) is 16.4 Å². The average molecular weight is 327 g/mol. The molecular weight excluding hydrogens is 302 g/mol. The quantitative estimate of drug-likeness (QED) is 0.638. The molecular formula is C15H25N3O3S. The van der Waals surface area contributed by atoms with Crippen LogP contribution in [0.3, 0.4) is 0 Å². The van der Waals surface area contributed by atoms with Crippen molar-refractivity contribution in [3.05, 3.63) is 29.8 Å². The van der Waals surface area contributed by atoms with Crippen LogP contribution < -0.4 is 15.4 Å². The van der Waals surface area contributed by atoms with Crippen molar-refractivity contribution in [2.24, 2.45) is 5.92 Å². The second kappa shape index (κ2) is 8.63. The van der Waals surface area contributed by atoms with E-state index < -0.39 is 10.0 Å². The summed E-state index contributed by atoms with van der Waals surface area (Å²) in [6.07, 6.45) is 2.77. The Hall–Kier alpha value is -1.76. The molecule has 6 nitrogen and oxygen atoms in total. The van der Waals surface area contributed by atoms with E-state index in [1.54, 1.807) is 12.1 Å². The maximum atomic E-state index is 11.4. The highest BCUT2D eigenvalue weighted by Gasteiger charge is 2.03. The van der Waals surface area contributed by atoms with E-state index in [4.69, 9.17) is 0 Å². The van der Waals surface area contributed by atoms with Gasteiger partial charge >= 0.3 is 6.03 Å². The van der Waals surface area contributed by atoms with E-state index in [1.807, 2.05) is 26.0 Å². The fourth-order valence-corrected chi connectivity index (χ4v) is 2.37. The third-order valence-corrected chi connectivity index (χ3v) is 3.46. The summed E-state index contributed by atoms with van der Waals surface area (Å²) in [5, 5.41) is 5.60. The molecule has 0 saturated heterocycles. The summed E-state index contributed by atoms with van der Waals surface area (Å²) in [5.74, 6) is 0.435. The van der Waals surface area contributed by atoms with Gasteiger partial charge in [0.05, 0.1) is 6.26 Å². The van der Waals surface area contributed by atoms with Crippen LogP contribution in [0, 0.1) is 5.92 Å². The molecule has 0 bridgehead atoms. The summed E-state index contributed by atoms with van der Waals surface area (Å²) in [7, 11) is -3.24. The number of anilines is 1. The molecule has 0 radical (unpaired) electrons. The number of nitrogens with one attached hydrogen (secondary N) is 3. The van der Waals surface area contributed by atoms with Crippen LogP contribution in [0.2, 0.25) is 0 Å². The maximum absolute atomic E-state index is 11.4. The predicted molar refractivity (Wildman–Crippen MR) is 89.5 cm³/mol. The zero-order valence-corrected chi connectivity index (χ0v) is 14.2. The lowest BCUT2D eigenvalue weighted by Crippen LogP contribution is -2.37. The number of urea groups is 1. The van der Waals surface area contributed by atoms with Gasteiger partial charge in [-0.05, 0) is 36.5 Å². The number of amides is 2. The van der Waals surface area contributed by atoms with Crippen molar-refractivity contribution in [3.63, 3.8) is 0 Å². The Morgan fingerprint density at radius 3 is 2.32 bits per heavy atom. The molecule has 1 aromatic carbocycles. The van der Waals surface area contributed by atoms with E-state index in [1.165, 1.54) is 0 Å². The van der Waals surface area contributed by atoms with Crippen molar-refractivity contribution >= 4 is 21.7 Å². The van der Waals surface area contributed by atoms with Gasteiger partial charge in [-0.3, -0.25) is 4.72 Å². The Balaban J connectivity index is 2.26. The van der Waals surface area contributed by atoms with Gasteiger partial charge in [-0.25, -0.2) is 13.2 Å². The summed E-state index contributed by atoms with van der Waals surface area (Å²) in [4.78, 5) is 11.4. The molecule has 0 saturated carbocycles. The van der Waals surface area contributed by atoms with Crippen molar-refractivity contribution in [1.82, 2.24) is 10.6 Å².